The van der Waals surface area contributed by atoms with Crippen LogP contribution in [0.4, 0.5) is 15.8 Å². The molecule has 6 heteroatoms. The van der Waals surface area contributed by atoms with Gasteiger partial charge in [-0.2, -0.15) is 0 Å². The smallest absolute Gasteiger partial charge is 0.258 e. The predicted octanol–water partition coefficient (Wildman–Crippen LogP) is 7.63. The zero-order chi connectivity index (χ0) is 26.6. The third-order valence-corrected chi connectivity index (χ3v) is 7.28. The summed E-state index contributed by atoms with van der Waals surface area (Å²) in [7, 11) is 0. The third-order valence-electron chi connectivity index (χ3n) is 7.03. The molecule has 0 bridgehead atoms. The fourth-order valence-corrected chi connectivity index (χ4v) is 5.38. The molecule has 2 amide bonds. The van der Waals surface area contributed by atoms with Gasteiger partial charge in [-0.25, -0.2) is 4.39 Å². The van der Waals surface area contributed by atoms with Crippen LogP contribution in [0.2, 0.25) is 5.02 Å². The Hall–Kier alpha value is -3.96. The van der Waals surface area contributed by atoms with Gasteiger partial charge in [0.1, 0.15) is 5.82 Å². The van der Waals surface area contributed by atoms with E-state index in [1.807, 2.05) is 83.5 Å². The molecule has 0 saturated carbocycles. The fraction of sp³-hybridized carbons (Fsp3) is 0.188. The summed E-state index contributed by atoms with van der Waals surface area (Å²) in [4.78, 5) is 31.0. The number of fused-ring (bicyclic) bond motifs is 1. The Morgan fingerprint density at radius 2 is 1.55 bits per heavy atom. The summed E-state index contributed by atoms with van der Waals surface area (Å²) in [6.45, 7) is 1.85. The van der Waals surface area contributed by atoms with Gasteiger partial charge < -0.3 is 9.80 Å². The number of carbonyl (C=O) groups excluding carboxylic acids is 2. The number of carbonyl (C=O) groups is 2. The van der Waals surface area contributed by atoms with Crippen LogP contribution in [0.15, 0.2) is 103 Å². The zero-order valence-corrected chi connectivity index (χ0v) is 21.8. The van der Waals surface area contributed by atoms with E-state index in [4.69, 9.17) is 11.6 Å². The molecule has 4 aromatic carbocycles. The van der Waals surface area contributed by atoms with Crippen LogP contribution in [0.1, 0.15) is 47.3 Å². The largest absolute Gasteiger partial charge is 0.305 e. The second-order valence-electron chi connectivity index (χ2n) is 9.43. The molecule has 0 fully saturated rings. The van der Waals surface area contributed by atoms with E-state index in [2.05, 4.69) is 0 Å². The molecule has 1 unspecified atom stereocenters. The number of benzene rings is 4. The first kappa shape index (κ1) is 25.7. The highest BCUT2D eigenvalue weighted by Gasteiger charge is 2.40. The Balaban J connectivity index is 1.64. The number of halogens is 2. The standard InChI is InChI=1S/C32H28ClFN2O2/c1-2-31(37)35(26-18-14-24(33)15-19-26)30-21-27(20-22-8-4-3-5-9-22)36(29-11-7-6-10-28(29)30)32(38)23-12-16-25(34)17-13-23/h3-19,27,30H,2,20-21H2,1H3/t27?,30-/m0/s1. The summed E-state index contributed by atoms with van der Waals surface area (Å²) in [5.74, 6) is -0.598. The fourth-order valence-electron chi connectivity index (χ4n) is 5.26. The lowest BCUT2D eigenvalue weighted by Gasteiger charge is -2.45. The number of hydrogen-bond acceptors (Lipinski definition) is 2. The third kappa shape index (κ3) is 5.20. The zero-order valence-electron chi connectivity index (χ0n) is 21.1. The molecular weight excluding hydrogens is 499 g/mol. The lowest BCUT2D eigenvalue weighted by Crippen LogP contribution is -2.49. The average Bonchev–Trinajstić information content (AvgIpc) is 2.94. The van der Waals surface area contributed by atoms with Gasteiger partial charge >= 0.3 is 0 Å². The van der Waals surface area contributed by atoms with Crippen molar-refractivity contribution in [3.63, 3.8) is 0 Å². The molecule has 5 rings (SSSR count). The molecule has 0 aromatic heterocycles. The van der Waals surface area contributed by atoms with E-state index in [0.29, 0.717) is 29.8 Å². The maximum atomic E-state index is 14.0. The van der Waals surface area contributed by atoms with E-state index in [1.165, 1.54) is 24.3 Å². The molecule has 1 aliphatic rings. The molecule has 192 valence electrons. The van der Waals surface area contributed by atoms with Gasteiger partial charge in [0.25, 0.3) is 5.91 Å². The van der Waals surface area contributed by atoms with Gasteiger partial charge in [0.2, 0.25) is 5.91 Å². The topological polar surface area (TPSA) is 40.6 Å². The molecule has 0 aliphatic carbocycles. The van der Waals surface area contributed by atoms with E-state index in [0.717, 1.165) is 22.5 Å². The Labute approximate surface area is 227 Å². The van der Waals surface area contributed by atoms with Crippen molar-refractivity contribution >= 4 is 34.8 Å². The van der Waals surface area contributed by atoms with Gasteiger partial charge in [-0.05, 0) is 78.6 Å². The number of para-hydroxylation sites is 1. The maximum absolute atomic E-state index is 14.0. The first-order valence-corrected chi connectivity index (χ1v) is 13.1. The number of anilines is 2. The summed E-state index contributed by atoms with van der Waals surface area (Å²) in [6.07, 6.45) is 1.48. The van der Waals surface area contributed by atoms with Crippen LogP contribution in [0, 0.1) is 5.82 Å². The van der Waals surface area contributed by atoms with Crippen molar-refractivity contribution in [2.24, 2.45) is 0 Å². The van der Waals surface area contributed by atoms with Crippen LogP contribution in [0.25, 0.3) is 0 Å². The van der Waals surface area contributed by atoms with Crippen molar-refractivity contribution in [3.8, 4) is 0 Å². The number of hydrogen-bond donors (Lipinski definition) is 0. The quantitative estimate of drug-likeness (QED) is 0.259. The van der Waals surface area contributed by atoms with Crippen molar-refractivity contribution < 1.29 is 14.0 Å². The highest BCUT2D eigenvalue weighted by Crippen LogP contribution is 2.44. The Kier molecular flexibility index (Phi) is 7.57. The Bertz CT molecular complexity index is 1420. The summed E-state index contributed by atoms with van der Waals surface area (Å²) in [6, 6.07) is 30.2. The highest BCUT2D eigenvalue weighted by molar-refractivity contribution is 6.30. The maximum Gasteiger partial charge on any atom is 0.258 e. The van der Waals surface area contributed by atoms with Crippen LogP contribution in [-0.2, 0) is 11.2 Å². The van der Waals surface area contributed by atoms with Gasteiger partial charge in [-0.3, -0.25) is 9.59 Å². The van der Waals surface area contributed by atoms with Gasteiger partial charge in [-0.1, -0.05) is 67.1 Å². The molecule has 0 radical (unpaired) electrons. The van der Waals surface area contributed by atoms with Gasteiger partial charge in [-0.15, -0.1) is 0 Å². The average molecular weight is 527 g/mol. The molecule has 0 spiro atoms. The monoisotopic (exact) mass is 526 g/mol. The predicted molar refractivity (Wildman–Crippen MR) is 150 cm³/mol. The minimum atomic E-state index is -0.391. The van der Waals surface area contributed by atoms with E-state index < -0.39 is 5.82 Å². The Morgan fingerprint density at radius 1 is 0.895 bits per heavy atom. The van der Waals surface area contributed by atoms with Gasteiger partial charge in [0, 0.05) is 34.4 Å². The summed E-state index contributed by atoms with van der Waals surface area (Å²) in [5.41, 5.74) is 3.91. The van der Waals surface area contributed by atoms with Gasteiger partial charge in [0.05, 0.1) is 6.04 Å². The Morgan fingerprint density at radius 3 is 2.24 bits per heavy atom. The summed E-state index contributed by atoms with van der Waals surface area (Å²) < 4.78 is 13.7. The number of nitrogens with zero attached hydrogens (tertiary/aromatic N) is 2. The van der Waals surface area contributed by atoms with E-state index in [-0.39, 0.29) is 23.9 Å². The molecule has 4 nitrogen and oxygen atoms in total. The van der Waals surface area contributed by atoms with Gasteiger partial charge in [0.15, 0.2) is 0 Å². The molecule has 1 heterocycles. The minimum absolute atomic E-state index is 0.0103. The van der Waals surface area contributed by atoms with Crippen LogP contribution < -0.4 is 9.80 Å². The number of rotatable bonds is 6. The van der Waals surface area contributed by atoms with E-state index in [1.54, 1.807) is 12.1 Å². The van der Waals surface area contributed by atoms with Crippen LogP contribution >= 0.6 is 11.6 Å². The summed E-state index contributed by atoms with van der Waals surface area (Å²) >= 11 is 6.16. The normalized spacial score (nSPS) is 16.6. The highest BCUT2D eigenvalue weighted by atomic mass is 35.5. The van der Waals surface area contributed by atoms with Crippen LogP contribution in [-0.4, -0.2) is 17.9 Å². The lowest BCUT2D eigenvalue weighted by atomic mass is 9.86. The SMILES string of the molecule is CCC(=O)N(c1ccc(Cl)cc1)[C@H]1CC(Cc2ccccc2)N(C(=O)c2ccc(F)cc2)c2ccccc21. The molecule has 38 heavy (non-hydrogen) atoms. The molecule has 0 N–H and O–H groups in total. The van der Waals surface area contributed by atoms with Crippen molar-refractivity contribution in [2.75, 3.05) is 9.80 Å². The van der Waals surface area contributed by atoms with Crippen LogP contribution in [0.3, 0.4) is 0 Å². The number of amides is 2. The molecule has 4 aromatic rings. The molecular formula is C32H28ClFN2O2. The second kappa shape index (κ2) is 11.2. The van der Waals surface area contributed by atoms with Crippen molar-refractivity contribution in [1.29, 1.82) is 0 Å². The van der Waals surface area contributed by atoms with E-state index in [9.17, 15) is 14.0 Å². The summed E-state index contributed by atoms with van der Waals surface area (Å²) in [5, 5.41) is 0.597. The van der Waals surface area contributed by atoms with Crippen LogP contribution in [0.5, 0.6) is 0 Å². The molecule has 0 saturated heterocycles. The van der Waals surface area contributed by atoms with Crippen molar-refractivity contribution in [2.45, 2.75) is 38.3 Å². The molecule has 1 aliphatic heterocycles. The lowest BCUT2D eigenvalue weighted by molar-refractivity contribution is -0.118. The first-order chi connectivity index (χ1) is 18.5. The van der Waals surface area contributed by atoms with Crippen molar-refractivity contribution in [3.05, 3.63) is 131 Å². The minimum Gasteiger partial charge on any atom is -0.305 e. The van der Waals surface area contributed by atoms with E-state index >= 15 is 0 Å². The second-order valence-corrected chi connectivity index (χ2v) is 9.87. The first-order valence-electron chi connectivity index (χ1n) is 12.8. The molecule has 2 atom stereocenters. The van der Waals surface area contributed by atoms with Crippen molar-refractivity contribution in [1.82, 2.24) is 0 Å².